The van der Waals surface area contributed by atoms with Crippen molar-refractivity contribution < 1.29 is 0 Å². The number of piperidine rings is 1. The third kappa shape index (κ3) is 5.38. The Bertz CT molecular complexity index is 1400. The molecule has 1 aliphatic heterocycles. The number of hydrogen-bond acceptors (Lipinski definition) is 4. The van der Waals surface area contributed by atoms with E-state index in [4.69, 9.17) is 28.2 Å². The fourth-order valence-corrected chi connectivity index (χ4v) is 5.88. The summed E-state index contributed by atoms with van der Waals surface area (Å²) in [5.74, 6) is 0.793. The van der Waals surface area contributed by atoms with Gasteiger partial charge in [0, 0.05) is 29.9 Å². The average Bonchev–Trinajstić information content (AvgIpc) is 2.94. The highest BCUT2D eigenvalue weighted by Crippen LogP contribution is 2.43. The Morgan fingerprint density at radius 2 is 1.70 bits per heavy atom. The van der Waals surface area contributed by atoms with E-state index in [2.05, 4.69) is 69.8 Å². The normalized spacial score (nSPS) is 17.2. The summed E-state index contributed by atoms with van der Waals surface area (Å²) >= 11 is 12.5. The molecule has 1 aromatic heterocycles. The van der Waals surface area contributed by atoms with Gasteiger partial charge in [-0.3, -0.25) is 0 Å². The zero-order valence-electron chi connectivity index (χ0n) is 20.8. The Hall–Kier alpha value is -2.92. The van der Waals surface area contributed by atoms with Crippen LogP contribution in [0.3, 0.4) is 0 Å². The fraction of sp³-hybridized carbons (Fsp3) is 0.290. The summed E-state index contributed by atoms with van der Waals surface area (Å²) in [6, 6.07) is 23.1. The Balaban J connectivity index is 1.20. The van der Waals surface area contributed by atoms with Gasteiger partial charge in [-0.25, -0.2) is 9.97 Å². The number of anilines is 2. The van der Waals surface area contributed by atoms with Crippen LogP contribution in [0, 0.1) is 0 Å². The smallest absolute Gasteiger partial charge is 0.227 e. The molecule has 188 valence electrons. The molecule has 1 aliphatic carbocycles. The molecule has 1 saturated heterocycles. The molecular formula is C31H30Cl2N4. The van der Waals surface area contributed by atoms with Crippen LogP contribution in [0.2, 0.25) is 10.0 Å². The lowest BCUT2D eigenvalue weighted by molar-refractivity contribution is 0.231. The SMILES string of the molecule is Clc1ccc([C@H]2Cc3cnc(Nc4ccc(CCN5CCCCC5)cc4)nc3-c3ccccc32)cc1Cl. The Morgan fingerprint density at radius 3 is 2.51 bits per heavy atom. The molecule has 0 radical (unpaired) electrons. The molecule has 6 heteroatoms. The summed E-state index contributed by atoms with van der Waals surface area (Å²) in [7, 11) is 0. The molecule has 37 heavy (non-hydrogen) atoms. The molecule has 0 amide bonds. The van der Waals surface area contributed by atoms with Gasteiger partial charge in [-0.15, -0.1) is 0 Å². The predicted molar refractivity (Wildman–Crippen MR) is 153 cm³/mol. The summed E-state index contributed by atoms with van der Waals surface area (Å²) < 4.78 is 0. The number of fused-ring (bicyclic) bond motifs is 3. The lowest BCUT2D eigenvalue weighted by Gasteiger charge is -2.27. The quantitative estimate of drug-likeness (QED) is 0.276. The molecule has 4 nitrogen and oxygen atoms in total. The van der Waals surface area contributed by atoms with E-state index in [0.717, 1.165) is 47.5 Å². The van der Waals surface area contributed by atoms with Crippen molar-refractivity contribution in [3.63, 3.8) is 0 Å². The third-order valence-electron chi connectivity index (χ3n) is 7.60. The average molecular weight is 530 g/mol. The zero-order chi connectivity index (χ0) is 25.2. The van der Waals surface area contributed by atoms with Gasteiger partial charge in [0.2, 0.25) is 5.95 Å². The van der Waals surface area contributed by atoms with Gasteiger partial charge >= 0.3 is 0 Å². The van der Waals surface area contributed by atoms with Crippen LogP contribution >= 0.6 is 23.2 Å². The van der Waals surface area contributed by atoms with Crippen molar-refractivity contribution in [3.05, 3.63) is 105 Å². The predicted octanol–water partition coefficient (Wildman–Crippen LogP) is 7.91. The van der Waals surface area contributed by atoms with Crippen molar-refractivity contribution in [1.82, 2.24) is 14.9 Å². The highest BCUT2D eigenvalue weighted by Gasteiger charge is 2.27. The van der Waals surface area contributed by atoms with E-state index in [9.17, 15) is 0 Å². The van der Waals surface area contributed by atoms with E-state index >= 15 is 0 Å². The molecule has 6 rings (SSSR count). The second-order valence-electron chi connectivity index (χ2n) is 10.1. The molecule has 0 bridgehead atoms. The number of benzene rings is 3. The van der Waals surface area contributed by atoms with Crippen molar-refractivity contribution in [2.45, 2.75) is 38.0 Å². The molecule has 0 unspecified atom stereocenters. The van der Waals surface area contributed by atoms with Crippen molar-refractivity contribution in [3.8, 4) is 11.3 Å². The first-order valence-corrected chi connectivity index (χ1v) is 13.9. The zero-order valence-corrected chi connectivity index (χ0v) is 22.3. The van der Waals surface area contributed by atoms with Crippen molar-refractivity contribution >= 4 is 34.8 Å². The van der Waals surface area contributed by atoms with E-state index in [1.807, 2.05) is 18.3 Å². The van der Waals surface area contributed by atoms with Gasteiger partial charge in [0.05, 0.1) is 15.7 Å². The number of aromatic nitrogens is 2. The van der Waals surface area contributed by atoms with Crippen molar-refractivity contribution in [1.29, 1.82) is 0 Å². The van der Waals surface area contributed by atoms with E-state index in [0.29, 0.717) is 16.0 Å². The molecule has 1 atom stereocenters. The molecule has 0 spiro atoms. The van der Waals surface area contributed by atoms with Crippen LogP contribution < -0.4 is 5.32 Å². The molecule has 3 aromatic carbocycles. The molecule has 1 N–H and O–H groups in total. The van der Waals surface area contributed by atoms with Crippen LogP contribution in [0.15, 0.2) is 72.9 Å². The van der Waals surface area contributed by atoms with E-state index in [-0.39, 0.29) is 5.92 Å². The van der Waals surface area contributed by atoms with Crippen molar-refractivity contribution in [2.75, 3.05) is 25.0 Å². The number of halogens is 2. The summed E-state index contributed by atoms with van der Waals surface area (Å²) in [6.07, 6.45) is 7.92. The van der Waals surface area contributed by atoms with Crippen LogP contribution in [0.1, 0.15) is 47.4 Å². The lowest BCUT2D eigenvalue weighted by atomic mass is 9.78. The second-order valence-corrected chi connectivity index (χ2v) is 10.9. The molecule has 1 fully saturated rings. The Labute approximate surface area is 228 Å². The summed E-state index contributed by atoms with van der Waals surface area (Å²) in [6.45, 7) is 3.63. The first-order valence-electron chi connectivity index (χ1n) is 13.1. The maximum absolute atomic E-state index is 6.35. The third-order valence-corrected chi connectivity index (χ3v) is 8.34. The highest BCUT2D eigenvalue weighted by atomic mass is 35.5. The molecular weight excluding hydrogens is 499 g/mol. The first kappa shape index (κ1) is 24.4. The minimum Gasteiger partial charge on any atom is -0.324 e. The Morgan fingerprint density at radius 1 is 0.892 bits per heavy atom. The van der Waals surface area contributed by atoms with Gasteiger partial charge in [-0.1, -0.05) is 72.1 Å². The highest BCUT2D eigenvalue weighted by molar-refractivity contribution is 6.42. The number of nitrogens with one attached hydrogen (secondary N) is 1. The second kappa shape index (κ2) is 10.8. The first-order chi connectivity index (χ1) is 18.1. The number of hydrogen-bond donors (Lipinski definition) is 1. The summed E-state index contributed by atoms with van der Waals surface area (Å²) in [5, 5.41) is 4.56. The minimum atomic E-state index is 0.179. The lowest BCUT2D eigenvalue weighted by Crippen LogP contribution is -2.31. The monoisotopic (exact) mass is 528 g/mol. The minimum absolute atomic E-state index is 0.179. The fourth-order valence-electron chi connectivity index (χ4n) is 5.58. The number of nitrogens with zero attached hydrogens (tertiary/aromatic N) is 3. The topological polar surface area (TPSA) is 41.1 Å². The van der Waals surface area contributed by atoms with Crippen molar-refractivity contribution in [2.24, 2.45) is 0 Å². The van der Waals surface area contributed by atoms with E-state index in [1.165, 1.54) is 43.5 Å². The van der Waals surface area contributed by atoms with Crippen LogP contribution in [0.4, 0.5) is 11.6 Å². The number of rotatable bonds is 6. The van der Waals surface area contributed by atoms with Crippen LogP contribution in [-0.4, -0.2) is 34.5 Å². The van der Waals surface area contributed by atoms with Gasteiger partial charge in [-0.2, -0.15) is 0 Å². The summed E-state index contributed by atoms with van der Waals surface area (Å²) in [5.41, 5.74) is 8.02. The van der Waals surface area contributed by atoms with Gasteiger partial charge in [0.15, 0.2) is 0 Å². The van der Waals surface area contributed by atoms with Gasteiger partial charge in [-0.05, 0) is 85.3 Å². The summed E-state index contributed by atoms with van der Waals surface area (Å²) in [4.78, 5) is 12.2. The van der Waals surface area contributed by atoms with Gasteiger partial charge in [0.1, 0.15) is 0 Å². The van der Waals surface area contributed by atoms with Gasteiger partial charge < -0.3 is 10.2 Å². The van der Waals surface area contributed by atoms with Crippen LogP contribution in [-0.2, 0) is 12.8 Å². The Kier molecular flexibility index (Phi) is 7.14. The standard InChI is InChI=1S/C31H30Cl2N4/c32-28-13-10-22(19-29(28)33)27-18-23-20-34-31(36-30(23)26-7-3-2-6-25(26)27)35-24-11-8-21(9-12-24)14-17-37-15-4-1-5-16-37/h2-3,6-13,19-20,27H,1,4-5,14-18H2,(H,34,35,36)/t27-/m1/s1. The maximum Gasteiger partial charge on any atom is 0.227 e. The molecule has 2 aliphatic rings. The van der Waals surface area contributed by atoms with Crippen LogP contribution in [0.25, 0.3) is 11.3 Å². The van der Waals surface area contributed by atoms with E-state index < -0.39 is 0 Å². The molecule has 0 saturated carbocycles. The number of likely N-dealkylation sites (tertiary alicyclic amines) is 1. The molecule has 2 heterocycles. The van der Waals surface area contributed by atoms with E-state index in [1.54, 1.807) is 0 Å². The van der Waals surface area contributed by atoms with Gasteiger partial charge in [0.25, 0.3) is 0 Å². The largest absolute Gasteiger partial charge is 0.324 e. The van der Waals surface area contributed by atoms with Crippen LogP contribution in [0.5, 0.6) is 0 Å². The maximum atomic E-state index is 6.35. The molecule has 4 aromatic rings.